The van der Waals surface area contributed by atoms with Gasteiger partial charge in [-0.05, 0) is 0 Å². The molecule has 0 spiro atoms. The van der Waals surface area contributed by atoms with Gasteiger partial charge in [0.25, 0.3) is 0 Å². The fraction of sp³-hybridized carbons (Fsp3) is 1.00. The molecule has 0 heterocycles. The second-order valence-corrected chi connectivity index (χ2v) is 1.33. The van der Waals surface area contributed by atoms with Crippen molar-refractivity contribution in [3.05, 3.63) is 0 Å². The molecule has 0 atom stereocenters. The molecule has 0 saturated heterocycles. The molecule has 0 aromatic rings. The Morgan fingerprint density at radius 2 is 1.86 bits per heavy atom. The minimum atomic E-state index is 0.0417. The molecule has 7 heavy (non-hydrogen) atoms. The van der Waals surface area contributed by atoms with Crippen molar-refractivity contribution in [1.82, 2.24) is 0 Å². The van der Waals surface area contributed by atoms with Crippen molar-refractivity contribution in [3.63, 3.8) is 0 Å². The first kappa shape index (κ1) is 6.88. The van der Waals surface area contributed by atoms with Crippen molar-refractivity contribution in [1.29, 1.82) is 0 Å². The summed E-state index contributed by atoms with van der Waals surface area (Å²) >= 11 is 0. The van der Waals surface area contributed by atoms with Gasteiger partial charge in [0.15, 0.2) is 0 Å². The third-order valence-electron chi connectivity index (χ3n) is 0.859. The second-order valence-electron chi connectivity index (χ2n) is 1.33. The maximum absolute atomic E-state index is 5.19. The van der Waals surface area contributed by atoms with E-state index in [2.05, 4.69) is 0 Å². The van der Waals surface area contributed by atoms with Crippen LogP contribution >= 0.6 is 0 Å². The largest absolute Gasteiger partial charge is 0.379 e. The summed E-state index contributed by atoms with van der Waals surface area (Å²) in [5, 5.41) is 0. The quantitative estimate of drug-likeness (QED) is 0.478. The summed E-state index contributed by atoms with van der Waals surface area (Å²) < 4.78 is 4.80. The summed E-state index contributed by atoms with van der Waals surface area (Å²) in [6.07, 6.45) is 0.0417. The van der Waals surface area contributed by atoms with E-state index in [1.807, 2.05) is 0 Å². The van der Waals surface area contributed by atoms with Crippen molar-refractivity contribution < 1.29 is 4.74 Å². The van der Waals surface area contributed by atoms with Gasteiger partial charge in [-0.1, -0.05) is 0 Å². The highest BCUT2D eigenvalue weighted by Gasteiger charge is 1.96. The van der Waals surface area contributed by atoms with Crippen LogP contribution in [0.4, 0.5) is 0 Å². The number of methoxy groups -OCH3 is 1. The zero-order valence-corrected chi connectivity index (χ0v) is 4.55. The van der Waals surface area contributed by atoms with Crippen LogP contribution in [0.3, 0.4) is 0 Å². The maximum Gasteiger partial charge on any atom is 0.0815 e. The Balaban J connectivity index is 2.99. The van der Waals surface area contributed by atoms with E-state index in [-0.39, 0.29) is 6.10 Å². The Morgan fingerprint density at radius 1 is 1.43 bits per heavy atom. The lowest BCUT2D eigenvalue weighted by Gasteiger charge is -2.07. The highest BCUT2D eigenvalue weighted by Crippen LogP contribution is 1.78. The molecular weight excluding hydrogens is 92.1 g/mol. The molecule has 4 N–H and O–H groups in total. The monoisotopic (exact) mass is 104 g/mol. The van der Waals surface area contributed by atoms with Crippen molar-refractivity contribution in [2.75, 3.05) is 20.2 Å². The average molecular weight is 104 g/mol. The van der Waals surface area contributed by atoms with E-state index in [0.29, 0.717) is 13.1 Å². The van der Waals surface area contributed by atoms with Crippen LogP contribution in [0.2, 0.25) is 0 Å². The standard InChI is InChI=1S/C4H12N2O/c1-7-4(2-5)3-6/h4H,2-3,5-6H2,1H3. The fourth-order valence-electron chi connectivity index (χ4n) is 0.289. The first-order valence-corrected chi connectivity index (χ1v) is 2.28. The Hall–Kier alpha value is -0.120. The number of hydrogen-bond acceptors (Lipinski definition) is 3. The Labute approximate surface area is 43.6 Å². The van der Waals surface area contributed by atoms with E-state index in [0.717, 1.165) is 0 Å². The third kappa shape index (κ3) is 2.56. The molecule has 0 rings (SSSR count). The molecule has 0 bridgehead atoms. The predicted molar refractivity (Wildman–Crippen MR) is 28.9 cm³/mol. The molecule has 0 aromatic heterocycles. The van der Waals surface area contributed by atoms with Crippen LogP contribution in [0, 0.1) is 0 Å². The summed E-state index contributed by atoms with van der Waals surface area (Å²) in [6.45, 7) is 1.01. The van der Waals surface area contributed by atoms with Crippen LogP contribution in [0.1, 0.15) is 0 Å². The van der Waals surface area contributed by atoms with Gasteiger partial charge in [-0.3, -0.25) is 0 Å². The average Bonchev–Trinajstić information content (AvgIpc) is 1.72. The van der Waals surface area contributed by atoms with Crippen LogP contribution in [-0.4, -0.2) is 26.3 Å². The highest BCUT2D eigenvalue weighted by molar-refractivity contribution is 4.55. The molecule has 0 aliphatic carbocycles. The molecule has 0 aromatic carbocycles. The topological polar surface area (TPSA) is 61.3 Å². The minimum absolute atomic E-state index is 0.0417. The molecule has 0 amide bonds. The highest BCUT2D eigenvalue weighted by atomic mass is 16.5. The number of rotatable bonds is 3. The molecule has 0 aliphatic heterocycles. The van der Waals surface area contributed by atoms with E-state index in [1.54, 1.807) is 7.11 Å². The van der Waals surface area contributed by atoms with E-state index < -0.39 is 0 Å². The summed E-state index contributed by atoms with van der Waals surface area (Å²) in [5.74, 6) is 0. The van der Waals surface area contributed by atoms with Crippen molar-refractivity contribution in [2.24, 2.45) is 11.5 Å². The van der Waals surface area contributed by atoms with Gasteiger partial charge in [0, 0.05) is 20.2 Å². The Kier molecular flexibility index (Phi) is 3.98. The SMILES string of the molecule is COC(CN)CN. The van der Waals surface area contributed by atoms with E-state index in [4.69, 9.17) is 16.2 Å². The molecule has 3 nitrogen and oxygen atoms in total. The van der Waals surface area contributed by atoms with Gasteiger partial charge >= 0.3 is 0 Å². The van der Waals surface area contributed by atoms with Crippen LogP contribution in [0.15, 0.2) is 0 Å². The Morgan fingerprint density at radius 3 is 1.86 bits per heavy atom. The zero-order valence-electron chi connectivity index (χ0n) is 4.55. The first-order valence-electron chi connectivity index (χ1n) is 2.28. The summed E-state index contributed by atoms with van der Waals surface area (Å²) in [6, 6.07) is 0. The molecule has 0 unspecified atom stereocenters. The van der Waals surface area contributed by atoms with E-state index in [1.165, 1.54) is 0 Å². The zero-order chi connectivity index (χ0) is 5.70. The molecule has 0 saturated carbocycles. The first-order chi connectivity index (χ1) is 3.35. The number of ether oxygens (including phenoxy) is 1. The second kappa shape index (κ2) is 4.05. The molecule has 0 radical (unpaired) electrons. The predicted octanol–water partition coefficient (Wildman–Crippen LogP) is -1.08. The summed E-state index contributed by atoms with van der Waals surface area (Å²) in [5.41, 5.74) is 10.4. The Bertz CT molecular complexity index is 31.2. The fourth-order valence-corrected chi connectivity index (χ4v) is 0.289. The van der Waals surface area contributed by atoms with Gasteiger partial charge in [0.1, 0.15) is 0 Å². The van der Waals surface area contributed by atoms with E-state index in [9.17, 15) is 0 Å². The van der Waals surface area contributed by atoms with Crippen LogP contribution in [0.25, 0.3) is 0 Å². The molecular formula is C4H12N2O. The van der Waals surface area contributed by atoms with Crippen LogP contribution in [0.5, 0.6) is 0 Å². The van der Waals surface area contributed by atoms with Gasteiger partial charge in [-0.25, -0.2) is 0 Å². The maximum atomic E-state index is 5.19. The van der Waals surface area contributed by atoms with Crippen LogP contribution in [-0.2, 0) is 4.74 Å². The summed E-state index contributed by atoms with van der Waals surface area (Å²) in [7, 11) is 1.60. The minimum Gasteiger partial charge on any atom is -0.379 e. The van der Waals surface area contributed by atoms with Gasteiger partial charge in [0.2, 0.25) is 0 Å². The van der Waals surface area contributed by atoms with Gasteiger partial charge in [0.05, 0.1) is 6.10 Å². The molecule has 0 aliphatic rings. The normalized spacial score (nSPS) is 10.3. The van der Waals surface area contributed by atoms with Crippen LogP contribution < -0.4 is 11.5 Å². The van der Waals surface area contributed by atoms with Crippen molar-refractivity contribution >= 4 is 0 Å². The lowest BCUT2D eigenvalue weighted by Crippen LogP contribution is -2.30. The summed E-state index contributed by atoms with van der Waals surface area (Å²) in [4.78, 5) is 0. The number of hydrogen-bond donors (Lipinski definition) is 2. The smallest absolute Gasteiger partial charge is 0.0815 e. The van der Waals surface area contributed by atoms with Crippen molar-refractivity contribution in [2.45, 2.75) is 6.10 Å². The van der Waals surface area contributed by atoms with Gasteiger partial charge in [-0.15, -0.1) is 0 Å². The van der Waals surface area contributed by atoms with Gasteiger partial charge in [-0.2, -0.15) is 0 Å². The third-order valence-corrected chi connectivity index (χ3v) is 0.859. The lowest BCUT2D eigenvalue weighted by atomic mass is 10.4. The van der Waals surface area contributed by atoms with Gasteiger partial charge < -0.3 is 16.2 Å². The van der Waals surface area contributed by atoms with Crippen molar-refractivity contribution in [3.8, 4) is 0 Å². The lowest BCUT2D eigenvalue weighted by molar-refractivity contribution is 0.116. The molecule has 3 heteroatoms. The molecule has 0 fully saturated rings. The molecule has 44 valence electrons. The number of nitrogens with two attached hydrogens (primary N) is 2. The van der Waals surface area contributed by atoms with E-state index >= 15 is 0 Å².